The monoisotopic (exact) mass is 310 g/mol. The fraction of sp³-hybridized carbons (Fsp3) is 0.733. The van der Waals surface area contributed by atoms with Gasteiger partial charge >= 0.3 is 0 Å². The Bertz CT molecular complexity index is 466. The van der Waals surface area contributed by atoms with Crippen LogP contribution in [0.4, 0.5) is 10.9 Å². The Morgan fingerprint density at radius 2 is 2.10 bits per heavy atom. The first-order chi connectivity index (χ1) is 10.1. The molecule has 6 heteroatoms. The van der Waals surface area contributed by atoms with Crippen molar-refractivity contribution in [2.24, 2.45) is 11.8 Å². The minimum absolute atomic E-state index is 0.0988. The highest BCUT2D eigenvalue weighted by molar-refractivity contribution is 7.18. The van der Waals surface area contributed by atoms with Gasteiger partial charge in [0.15, 0.2) is 5.13 Å². The van der Waals surface area contributed by atoms with Gasteiger partial charge in [-0.25, -0.2) is 4.98 Å². The molecule has 1 aliphatic carbocycles. The molecule has 1 amide bonds. The summed E-state index contributed by atoms with van der Waals surface area (Å²) in [5, 5.41) is 6.77. The van der Waals surface area contributed by atoms with Gasteiger partial charge in [-0.15, -0.1) is 0 Å². The Kier molecular flexibility index (Phi) is 5.85. The average Bonchev–Trinajstić information content (AvgIpc) is 2.82. The molecule has 2 rings (SSSR count). The summed E-state index contributed by atoms with van der Waals surface area (Å²) in [6.45, 7) is 5.81. The van der Waals surface area contributed by atoms with E-state index in [1.165, 1.54) is 37.0 Å². The van der Waals surface area contributed by atoms with E-state index in [1.807, 2.05) is 6.92 Å². The molecule has 118 valence electrons. The fourth-order valence-electron chi connectivity index (χ4n) is 2.81. The number of aromatic nitrogens is 1. The molecular weight excluding hydrogens is 284 g/mol. The van der Waals surface area contributed by atoms with E-state index in [1.54, 1.807) is 0 Å². The summed E-state index contributed by atoms with van der Waals surface area (Å²) in [4.78, 5) is 16.8. The minimum atomic E-state index is -0.0988. The first kappa shape index (κ1) is 16.1. The number of hydrogen-bond donors (Lipinski definition) is 3. The van der Waals surface area contributed by atoms with E-state index in [0.717, 1.165) is 31.3 Å². The van der Waals surface area contributed by atoms with Crippen molar-refractivity contribution in [1.29, 1.82) is 0 Å². The molecule has 0 spiro atoms. The summed E-state index contributed by atoms with van der Waals surface area (Å²) >= 11 is 1.32. The van der Waals surface area contributed by atoms with E-state index in [-0.39, 0.29) is 5.91 Å². The topological polar surface area (TPSA) is 80.0 Å². The summed E-state index contributed by atoms with van der Waals surface area (Å²) < 4.78 is 0. The molecule has 4 N–H and O–H groups in total. The Labute approximate surface area is 130 Å². The van der Waals surface area contributed by atoms with Crippen molar-refractivity contribution < 1.29 is 4.79 Å². The van der Waals surface area contributed by atoms with Crippen LogP contribution in [-0.4, -0.2) is 24.0 Å². The lowest BCUT2D eigenvalue weighted by atomic mass is 9.81. The van der Waals surface area contributed by atoms with Gasteiger partial charge in [-0.2, -0.15) is 0 Å². The summed E-state index contributed by atoms with van der Waals surface area (Å²) in [6, 6.07) is 0. The van der Waals surface area contributed by atoms with Crippen molar-refractivity contribution in [2.75, 3.05) is 24.1 Å². The number of nitrogens with two attached hydrogens (primary N) is 1. The molecule has 1 aromatic rings. The third-order valence-corrected chi connectivity index (χ3v) is 5.19. The summed E-state index contributed by atoms with van der Waals surface area (Å²) in [5.41, 5.74) is 5.80. The number of carbonyl (C=O) groups is 1. The van der Waals surface area contributed by atoms with Gasteiger partial charge in [-0.3, -0.25) is 4.79 Å². The van der Waals surface area contributed by atoms with Crippen LogP contribution >= 0.6 is 11.3 Å². The standard InChI is InChI=1S/C15H26N4OS/c1-3-17-15-19-13(16)12(21-15)14(20)18-9-8-11-6-4-10(2)5-7-11/h10-11H,3-9,16H2,1-2H3,(H,17,19)(H,18,20). The van der Waals surface area contributed by atoms with Crippen LogP contribution in [0.25, 0.3) is 0 Å². The van der Waals surface area contributed by atoms with Crippen LogP contribution < -0.4 is 16.4 Å². The minimum Gasteiger partial charge on any atom is -0.382 e. The number of amides is 1. The average molecular weight is 310 g/mol. The Hall–Kier alpha value is -1.30. The second-order valence-corrected chi connectivity index (χ2v) is 6.93. The Balaban J connectivity index is 1.76. The second kappa shape index (κ2) is 7.64. The van der Waals surface area contributed by atoms with Crippen LogP contribution in [0.5, 0.6) is 0 Å². The number of anilines is 2. The van der Waals surface area contributed by atoms with E-state index in [9.17, 15) is 4.79 Å². The number of hydrogen-bond acceptors (Lipinski definition) is 5. The predicted octanol–water partition coefficient (Wildman–Crippen LogP) is 3.10. The maximum atomic E-state index is 12.1. The number of carbonyl (C=O) groups excluding carboxylic acids is 1. The van der Waals surface area contributed by atoms with E-state index >= 15 is 0 Å². The van der Waals surface area contributed by atoms with E-state index in [4.69, 9.17) is 5.73 Å². The van der Waals surface area contributed by atoms with E-state index in [0.29, 0.717) is 15.8 Å². The van der Waals surface area contributed by atoms with Crippen molar-refractivity contribution >= 4 is 28.2 Å². The van der Waals surface area contributed by atoms with Gasteiger partial charge in [-0.1, -0.05) is 43.9 Å². The molecule has 0 aromatic carbocycles. The maximum Gasteiger partial charge on any atom is 0.265 e. The Morgan fingerprint density at radius 3 is 2.76 bits per heavy atom. The molecule has 21 heavy (non-hydrogen) atoms. The van der Waals surface area contributed by atoms with Crippen molar-refractivity contribution in [3.05, 3.63) is 4.88 Å². The van der Waals surface area contributed by atoms with Crippen molar-refractivity contribution in [2.45, 2.75) is 46.0 Å². The summed E-state index contributed by atoms with van der Waals surface area (Å²) in [7, 11) is 0. The van der Waals surface area contributed by atoms with Gasteiger partial charge in [0.25, 0.3) is 5.91 Å². The molecule has 0 saturated heterocycles. The summed E-state index contributed by atoms with van der Waals surface area (Å²) in [6.07, 6.45) is 6.31. The molecular formula is C15H26N4OS. The lowest BCUT2D eigenvalue weighted by Gasteiger charge is -2.26. The molecule has 0 bridgehead atoms. The van der Waals surface area contributed by atoms with Gasteiger partial charge in [0.2, 0.25) is 0 Å². The number of rotatable bonds is 6. The lowest BCUT2D eigenvalue weighted by Crippen LogP contribution is -2.26. The number of thiazole rings is 1. The second-order valence-electron chi connectivity index (χ2n) is 5.93. The molecule has 1 aromatic heterocycles. The van der Waals surface area contributed by atoms with E-state index in [2.05, 4.69) is 22.5 Å². The SMILES string of the molecule is CCNc1nc(N)c(C(=O)NCCC2CCC(C)CC2)s1. The molecule has 0 aliphatic heterocycles. The number of nitrogen functional groups attached to an aromatic ring is 1. The first-order valence-electron chi connectivity index (χ1n) is 7.88. The quantitative estimate of drug-likeness (QED) is 0.754. The highest BCUT2D eigenvalue weighted by Crippen LogP contribution is 2.30. The van der Waals surface area contributed by atoms with Gasteiger partial charge in [0.05, 0.1) is 0 Å². The molecule has 0 radical (unpaired) electrons. The van der Waals surface area contributed by atoms with Gasteiger partial charge in [-0.05, 0) is 25.2 Å². The van der Waals surface area contributed by atoms with Gasteiger partial charge < -0.3 is 16.4 Å². The van der Waals surface area contributed by atoms with Crippen molar-refractivity contribution in [3.8, 4) is 0 Å². The largest absolute Gasteiger partial charge is 0.382 e. The van der Waals surface area contributed by atoms with Crippen LogP contribution in [0.2, 0.25) is 0 Å². The van der Waals surface area contributed by atoms with Crippen molar-refractivity contribution in [1.82, 2.24) is 10.3 Å². The van der Waals surface area contributed by atoms with Crippen LogP contribution in [0, 0.1) is 11.8 Å². The molecule has 1 saturated carbocycles. The highest BCUT2D eigenvalue weighted by atomic mass is 32.1. The zero-order chi connectivity index (χ0) is 15.2. The Morgan fingerprint density at radius 1 is 1.38 bits per heavy atom. The molecule has 1 fully saturated rings. The number of nitrogens with one attached hydrogen (secondary N) is 2. The maximum absolute atomic E-state index is 12.1. The highest BCUT2D eigenvalue weighted by Gasteiger charge is 2.19. The zero-order valence-corrected chi connectivity index (χ0v) is 13.8. The lowest BCUT2D eigenvalue weighted by molar-refractivity contribution is 0.0954. The van der Waals surface area contributed by atoms with Crippen molar-refractivity contribution in [3.63, 3.8) is 0 Å². The summed E-state index contributed by atoms with van der Waals surface area (Å²) in [5.74, 6) is 1.85. The molecule has 0 atom stereocenters. The van der Waals surface area contributed by atoms with Crippen LogP contribution in [-0.2, 0) is 0 Å². The number of nitrogens with zero attached hydrogens (tertiary/aromatic N) is 1. The van der Waals surface area contributed by atoms with E-state index < -0.39 is 0 Å². The van der Waals surface area contributed by atoms with Crippen LogP contribution in [0.1, 0.15) is 55.6 Å². The zero-order valence-electron chi connectivity index (χ0n) is 12.9. The molecule has 5 nitrogen and oxygen atoms in total. The molecule has 0 unspecified atom stereocenters. The third kappa shape index (κ3) is 4.59. The molecule has 1 heterocycles. The smallest absolute Gasteiger partial charge is 0.265 e. The predicted molar refractivity (Wildman–Crippen MR) is 88.8 cm³/mol. The van der Waals surface area contributed by atoms with Crippen LogP contribution in [0.15, 0.2) is 0 Å². The molecule has 1 aliphatic rings. The third-order valence-electron chi connectivity index (χ3n) is 4.16. The van der Waals surface area contributed by atoms with Crippen LogP contribution in [0.3, 0.4) is 0 Å². The fourth-order valence-corrected chi connectivity index (χ4v) is 3.68. The first-order valence-corrected chi connectivity index (χ1v) is 8.70. The normalized spacial score (nSPS) is 22.0. The van der Waals surface area contributed by atoms with Gasteiger partial charge in [0, 0.05) is 13.1 Å². The van der Waals surface area contributed by atoms with Gasteiger partial charge in [0.1, 0.15) is 10.7 Å².